The average Bonchev–Trinajstić information content (AvgIpc) is 2.74. The van der Waals surface area contributed by atoms with Crippen molar-refractivity contribution in [1.29, 1.82) is 0 Å². The Morgan fingerprint density at radius 2 is 2.20 bits per heavy atom. The average molecular weight is 310 g/mol. The number of hydrogen-bond donors (Lipinski definition) is 2. The zero-order chi connectivity index (χ0) is 14.1. The van der Waals surface area contributed by atoms with Crippen molar-refractivity contribution in [2.45, 2.75) is 37.8 Å². The highest BCUT2D eigenvalue weighted by atomic mass is 35.5. The molecule has 1 aromatic carbocycles. The first kappa shape index (κ1) is 13.6. The molecule has 2 fully saturated rings. The van der Waals surface area contributed by atoms with E-state index in [1.165, 1.54) is 6.42 Å². The maximum Gasteiger partial charge on any atom is 0.328 e. The maximum atomic E-state index is 12.4. The Morgan fingerprint density at radius 3 is 3.00 bits per heavy atom. The van der Waals surface area contributed by atoms with Crippen molar-refractivity contribution in [1.82, 2.24) is 10.2 Å². The number of anilines is 1. The van der Waals surface area contributed by atoms with E-state index < -0.39 is 0 Å². The molecule has 0 unspecified atom stereocenters. The lowest BCUT2D eigenvalue weighted by atomic mass is 9.91. The molecular weight excluding hydrogens is 294 g/mol. The Bertz CT molecular complexity index is 551. The van der Waals surface area contributed by atoms with Gasteiger partial charge >= 0.3 is 6.03 Å². The number of benzene rings is 1. The molecule has 1 aromatic rings. The van der Waals surface area contributed by atoms with E-state index in [0.717, 1.165) is 19.3 Å². The summed E-state index contributed by atoms with van der Waals surface area (Å²) in [6.07, 6.45) is 4.42. The molecule has 2 aliphatic rings. The fraction of sp³-hybridized carbons (Fsp3) is 0.429. The normalized spacial score (nSPS) is 25.1. The van der Waals surface area contributed by atoms with Crippen molar-refractivity contribution in [2.24, 2.45) is 0 Å². The van der Waals surface area contributed by atoms with Gasteiger partial charge < -0.3 is 10.6 Å². The second-order valence-electron chi connectivity index (χ2n) is 5.22. The highest BCUT2D eigenvalue weighted by Crippen LogP contribution is 2.28. The minimum Gasteiger partial charge on any atom is -0.357 e. The third kappa shape index (κ3) is 2.60. The van der Waals surface area contributed by atoms with Crippen LogP contribution in [-0.2, 0) is 0 Å². The summed E-state index contributed by atoms with van der Waals surface area (Å²) in [6.45, 7) is 0. The van der Waals surface area contributed by atoms with Crippen LogP contribution in [-0.4, -0.2) is 28.1 Å². The quantitative estimate of drug-likeness (QED) is 0.782. The standard InChI is InChI=1S/C14H16ClN3OS/c15-9-4-3-5-10(8-9)16-13(19)18-12-7-2-1-6-11(12)17-14(18)20/h3-5,8,11-12H,1-2,6-7H2,(H,16,19)(H,17,20)/t11-,12+/m1/s1. The van der Waals surface area contributed by atoms with Crippen LogP contribution in [0.2, 0.25) is 5.02 Å². The van der Waals surface area contributed by atoms with Gasteiger partial charge in [-0.1, -0.05) is 30.5 Å². The van der Waals surface area contributed by atoms with Gasteiger partial charge in [-0.25, -0.2) is 4.79 Å². The Kier molecular flexibility index (Phi) is 3.81. The van der Waals surface area contributed by atoms with Crippen molar-refractivity contribution in [3.63, 3.8) is 0 Å². The van der Waals surface area contributed by atoms with Gasteiger partial charge in [0.25, 0.3) is 0 Å². The smallest absolute Gasteiger partial charge is 0.328 e. The fourth-order valence-corrected chi connectivity index (χ4v) is 3.52. The van der Waals surface area contributed by atoms with E-state index in [-0.39, 0.29) is 12.1 Å². The first-order valence-corrected chi connectivity index (χ1v) is 7.60. The summed E-state index contributed by atoms with van der Waals surface area (Å²) >= 11 is 11.2. The van der Waals surface area contributed by atoms with E-state index in [1.54, 1.807) is 17.0 Å². The number of nitrogens with one attached hydrogen (secondary N) is 2. The lowest BCUT2D eigenvalue weighted by Gasteiger charge is -2.29. The monoisotopic (exact) mass is 309 g/mol. The van der Waals surface area contributed by atoms with Crippen LogP contribution >= 0.6 is 23.8 Å². The largest absolute Gasteiger partial charge is 0.357 e. The molecule has 0 spiro atoms. The van der Waals surface area contributed by atoms with Gasteiger partial charge in [0.1, 0.15) is 0 Å². The molecule has 1 saturated heterocycles. The van der Waals surface area contributed by atoms with Crippen molar-refractivity contribution >= 4 is 40.6 Å². The fourth-order valence-electron chi connectivity index (χ4n) is 2.96. The molecule has 0 bridgehead atoms. The zero-order valence-corrected chi connectivity index (χ0v) is 12.5. The molecule has 2 N–H and O–H groups in total. The molecular formula is C14H16ClN3OS. The number of nitrogens with zero attached hydrogens (tertiary/aromatic N) is 1. The summed E-state index contributed by atoms with van der Waals surface area (Å²) in [6, 6.07) is 7.42. The highest BCUT2D eigenvalue weighted by molar-refractivity contribution is 7.80. The number of amides is 2. The molecule has 1 aliphatic carbocycles. The number of fused-ring (bicyclic) bond motifs is 1. The number of thiocarbonyl (C=S) groups is 1. The summed E-state index contributed by atoms with van der Waals surface area (Å²) in [5, 5.41) is 7.24. The predicted molar refractivity (Wildman–Crippen MR) is 84.1 cm³/mol. The number of urea groups is 1. The van der Waals surface area contributed by atoms with Crippen LogP contribution in [0.5, 0.6) is 0 Å². The van der Waals surface area contributed by atoms with Crippen molar-refractivity contribution in [3.05, 3.63) is 29.3 Å². The van der Waals surface area contributed by atoms with Crippen molar-refractivity contribution in [3.8, 4) is 0 Å². The molecule has 6 heteroatoms. The number of hydrogen-bond acceptors (Lipinski definition) is 2. The molecule has 4 nitrogen and oxygen atoms in total. The molecule has 2 amide bonds. The molecule has 3 rings (SSSR count). The van der Waals surface area contributed by atoms with Crippen LogP contribution in [0.3, 0.4) is 0 Å². The summed E-state index contributed by atoms with van der Waals surface area (Å²) < 4.78 is 0. The minimum atomic E-state index is -0.181. The molecule has 0 aromatic heterocycles. The number of halogens is 1. The van der Waals surface area contributed by atoms with Gasteiger partial charge in [0, 0.05) is 16.8 Å². The molecule has 2 atom stereocenters. The van der Waals surface area contributed by atoms with E-state index in [2.05, 4.69) is 10.6 Å². The van der Waals surface area contributed by atoms with Crippen LogP contribution in [0.15, 0.2) is 24.3 Å². The molecule has 20 heavy (non-hydrogen) atoms. The lowest BCUT2D eigenvalue weighted by Crippen LogP contribution is -2.44. The van der Waals surface area contributed by atoms with Crippen molar-refractivity contribution < 1.29 is 4.79 Å². The van der Waals surface area contributed by atoms with Gasteiger partial charge in [-0.05, 0) is 43.3 Å². The van der Waals surface area contributed by atoms with Crippen LogP contribution in [0.25, 0.3) is 0 Å². The first-order valence-electron chi connectivity index (χ1n) is 6.81. The molecule has 1 saturated carbocycles. The SMILES string of the molecule is O=C(Nc1cccc(Cl)c1)N1C(=S)N[C@@H]2CCCC[C@@H]21. The van der Waals surface area contributed by atoms with Gasteiger partial charge in [0.15, 0.2) is 5.11 Å². The van der Waals surface area contributed by atoms with Gasteiger partial charge in [-0.2, -0.15) is 0 Å². The predicted octanol–water partition coefficient (Wildman–Crippen LogP) is 3.37. The second-order valence-corrected chi connectivity index (χ2v) is 6.04. The summed E-state index contributed by atoms with van der Waals surface area (Å²) in [4.78, 5) is 14.1. The second kappa shape index (κ2) is 5.58. The van der Waals surface area contributed by atoms with Gasteiger partial charge in [0.2, 0.25) is 0 Å². The Morgan fingerprint density at radius 1 is 1.40 bits per heavy atom. The first-order chi connectivity index (χ1) is 9.65. The Balaban J connectivity index is 1.74. The molecule has 106 valence electrons. The summed E-state index contributed by atoms with van der Waals surface area (Å²) in [5.41, 5.74) is 0.685. The van der Waals surface area contributed by atoms with E-state index >= 15 is 0 Å². The van der Waals surface area contributed by atoms with E-state index in [9.17, 15) is 4.79 Å². The van der Waals surface area contributed by atoms with E-state index in [1.807, 2.05) is 12.1 Å². The van der Waals surface area contributed by atoms with Gasteiger partial charge in [-0.15, -0.1) is 0 Å². The van der Waals surface area contributed by atoms with Crippen molar-refractivity contribution in [2.75, 3.05) is 5.32 Å². The molecule has 0 radical (unpaired) electrons. The number of carbonyl (C=O) groups is 1. The van der Waals surface area contributed by atoms with Crippen LogP contribution < -0.4 is 10.6 Å². The summed E-state index contributed by atoms with van der Waals surface area (Å²) in [5.74, 6) is 0. The minimum absolute atomic E-state index is 0.176. The van der Waals surface area contributed by atoms with Crippen LogP contribution in [0.4, 0.5) is 10.5 Å². The van der Waals surface area contributed by atoms with E-state index in [4.69, 9.17) is 23.8 Å². The Hall–Kier alpha value is -1.33. The topological polar surface area (TPSA) is 44.4 Å². The van der Waals surface area contributed by atoms with Gasteiger partial charge in [0.05, 0.1) is 6.04 Å². The van der Waals surface area contributed by atoms with Gasteiger partial charge in [-0.3, -0.25) is 4.90 Å². The third-order valence-electron chi connectivity index (χ3n) is 3.88. The number of rotatable bonds is 1. The zero-order valence-electron chi connectivity index (χ0n) is 10.9. The Labute approximate surface area is 128 Å². The third-order valence-corrected chi connectivity index (χ3v) is 4.43. The maximum absolute atomic E-state index is 12.4. The summed E-state index contributed by atoms with van der Waals surface area (Å²) in [7, 11) is 0. The lowest BCUT2D eigenvalue weighted by molar-refractivity contribution is 0.212. The van der Waals surface area contributed by atoms with E-state index in [0.29, 0.717) is 21.9 Å². The highest BCUT2D eigenvalue weighted by Gasteiger charge is 2.41. The number of carbonyl (C=O) groups excluding carboxylic acids is 1. The van der Waals surface area contributed by atoms with Crippen LogP contribution in [0.1, 0.15) is 25.7 Å². The van der Waals surface area contributed by atoms with Crippen LogP contribution in [0, 0.1) is 0 Å². The molecule has 1 heterocycles. The molecule has 1 aliphatic heterocycles.